The number of methoxy groups -OCH3 is 1. The zero-order chi connectivity index (χ0) is 19.9. The second-order valence-corrected chi connectivity index (χ2v) is 7.44. The van der Waals surface area contributed by atoms with Crippen LogP contribution in [0.25, 0.3) is 0 Å². The molecule has 0 saturated carbocycles. The first-order chi connectivity index (χ1) is 13.5. The van der Waals surface area contributed by atoms with Gasteiger partial charge in [0, 0.05) is 6.21 Å². The van der Waals surface area contributed by atoms with Crippen LogP contribution in [0, 0.1) is 12.8 Å². The number of carbonyl (C=O) groups excluding carboxylic acids is 1. The third-order valence-corrected chi connectivity index (χ3v) is 5.04. The minimum absolute atomic E-state index is 0.256. The molecule has 2 aromatic carbocycles. The van der Waals surface area contributed by atoms with Crippen LogP contribution in [0.15, 0.2) is 47.5 Å². The summed E-state index contributed by atoms with van der Waals surface area (Å²) in [5.41, 5.74) is 2.96. The Bertz CT molecular complexity index is 822. The molecule has 5 nitrogen and oxygen atoms in total. The number of ether oxygens (including phenoxy) is 2. The fraction of sp³-hybridized carbons (Fsp3) is 0.391. The van der Waals surface area contributed by atoms with Crippen LogP contribution in [-0.2, 0) is 4.79 Å². The Balaban J connectivity index is 1.62. The van der Waals surface area contributed by atoms with E-state index in [9.17, 15) is 4.79 Å². The molecule has 1 saturated heterocycles. The average molecular weight is 380 g/mol. The first kappa shape index (κ1) is 20.1. The quantitative estimate of drug-likeness (QED) is 0.424. The second-order valence-electron chi connectivity index (χ2n) is 7.44. The molecule has 0 N–H and O–H groups in total. The van der Waals surface area contributed by atoms with Crippen LogP contribution < -0.4 is 9.47 Å². The summed E-state index contributed by atoms with van der Waals surface area (Å²) < 4.78 is 11.0. The first-order valence-electron chi connectivity index (χ1n) is 9.75. The lowest BCUT2D eigenvalue weighted by Gasteiger charge is -2.29. The van der Waals surface area contributed by atoms with Crippen molar-refractivity contribution >= 4 is 17.9 Å². The van der Waals surface area contributed by atoms with E-state index in [0.29, 0.717) is 18.0 Å². The monoisotopic (exact) mass is 380 g/mol. The molecular weight excluding hydrogens is 352 g/mol. The van der Waals surface area contributed by atoms with Crippen LogP contribution in [0.2, 0.25) is 0 Å². The fourth-order valence-electron chi connectivity index (χ4n) is 3.19. The normalized spacial score (nSPS) is 15.7. The Labute approximate surface area is 167 Å². The minimum Gasteiger partial charge on any atom is -0.493 e. The highest BCUT2D eigenvalue weighted by molar-refractivity contribution is 5.83. The number of likely N-dealkylation sites (tertiary alicyclic amines) is 1. The van der Waals surface area contributed by atoms with Gasteiger partial charge < -0.3 is 9.47 Å². The van der Waals surface area contributed by atoms with E-state index < -0.39 is 0 Å². The molecular formula is C23H28N2O3. The topological polar surface area (TPSA) is 51.1 Å². The van der Waals surface area contributed by atoms with Gasteiger partial charge in [-0.15, -0.1) is 0 Å². The predicted octanol–water partition coefficient (Wildman–Crippen LogP) is 4.39. The standard InChI is InChI=1S/C23H28N2O3/c1-17-4-7-20(8-5-17)24-15-19-6-9-21(22(14-19)27-3)28-23(26)16-25-12-10-18(2)11-13-25/h4-9,14-15,18H,10-13,16H2,1-3H3. The van der Waals surface area contributed by atoms with E-state index in [2.05, 4.69) is 16.8 Å². The van der Waals surface area contributed by atoms with E-state index in [-0.39, 0.29) is 5.97 Å². The summed E-state index contributed by atoms with van der Waals surface area (Å²) in [5, 5.41) is 0. The number of piperidine rings is 1. The number of hydrogen-bond acceptors (Lipinski definition) is 5. The van der Waals surface area contributed by atoms with Crippen molar-refractivity contribution in [3.63, 3.8) is 0 Å². The van der Waals surface area contributed by atoms with E-state index in [1.165, 1.54) is 5.56 Å². The van der Waals surface area contributed by atoms with Crippen molar-refractivity contribution in [2.45, 2.75) is 26.7 Å². The zero-order valence-electron chi connectivity index (χ0n) is 16.9. The van der Waals surface area contributed by atoms with Crippen molar-refractivity contribution in [1.82, 2.24) is 4.90 Å². The predicted molar refractivity (Wildman–Crippen MR) is 112 cm³/mol. The molecule has 3 rings (SSSR count). The Morgan fingerprint density at radius 2 is 1.86 bits per heavy atom. The molecule has 1 heterocycles. The summed E-state index contributed by atoms with van der Waals surface area (Å²) in [4.78, 5) is 18.9. The maximum absolute atomic E-state index is 12.3. The van der Waals surface area contributed by atoms with E-state index in [1.54, 1.807) is 19.4 Å². The summed E-state index contributed by atoms with van der Waals surface area (Å²) in [7, 11) is 1.57. The van der Waals surface area contributed by atoms with E-state index in [4.69, 9.17) is 9.47 Å². The molecule has 0 aliphatic carbocycles. The number of aryl methyl sites for hydroxylation is 1. The van der Waals surface area contributed by atoms with Crippen molar-refractivity contribution in [2.24, 2.45) is 10.9 Å². The Morgan fingerprint density at radius 1 is 1.14 bits per heavy atom. The maximum atomic E-state index is 12.3. The number of hydrogen-bond donors (Lipinski definition) is 0. The van der Waals surface area contributed by atoms with Gasteiger partial charge in [0.2, 0.25) is 0 Å². The SMILES string of the molecule is COc1cc(C=Nc2ccc(C)cc2)ccc1OC(=O)CN1CCC(C)CC1. The largest absolute Gasteiger partial charge is 0.493 e. The summed E-state index contributed by atoms with van der Waals surface area (Å²) in [6.45, 7) is 6.50. The van der Waals surface area contributed by atoms with Crippen molar-refractivity contribution < 1.29 is 14.3 Å². The number of esters is 1. The number of benzene rings is 2. The smallest absolute Gasteiger partial charge is 0.325 e. The van der Waals surface area contributed by atoms with Crippen molar-refractivity contribution in [1.29, 1.82) is 0 Å². The van der Waals surface area contributed by atoms with Gasteiger partial charge in [0.05, 0.1) is 19.3 Å². The van der Waals surface area contributed by atoms with Gasteiger partial charge in [-0.2, -0.15) is 0 Å². The Kier molecular flexibility index (Phi) is 6.82. The van der Waals surface area contributed by atoms with Crippen molar-refractivity contribution in [3.8, 4) is 11.5 Å². The lowest BCUT2D eigenvalue weighted by molar-refractivity contribution is -0.136. The molecule has 0 unspecified atom stereocenters. The molecule has 148 valence electrons. The van der Waals surface area contributed by atoms with Gasteiger partial charge in [-0.05, 0) is 74.7 Å². The van der Waals surface area contributed by atoms with Crippen LogP contribution >= 0.6 is 0 Å². The van der Waals surface area contributed by atoms with E-state index in [1.807, 2.05) is 43.3 Å². The van der Waals surface area contributed by atoms with Gasteiger partial charge in [0.15, 0.2) is 11.5 Å². The van der Waals surface area contributed by atoms with Crippen LogP contribution in [0.3, 0.4) is 0 Å². The van der Waals surface area contributed by atoms with Crippen LogP contribution in [0.4, 0.5) is 5.69 Å². The highest BCUT2D eigenvalue weighted by Gasteiger charge is 2.19. The number of carbonyl (C=O) groups is 1. The highest BCUT2D eigenvalue weighted by atomic mass is 16.6. The second kappa shape index (κ2) is 9.51. The van der Waals surface area contributed by atoms with E-state index in [0.717, 1.165) is 43.1 Å². The number of aliphatic imine (C=N–C) groups is 1. The molecule has 5 heteroatoms. The molecule has 0 aromatic heterocycles. The molecule has 1 aliphatic rings. The molecule has 0 radical (unpaired) electrons. The molecule has 0 bridgehead atoms. The molecule has 28 heavy (non-hydrogen) atoms. The van der Waals surface area contributed by atoms with Gasteiger partial charge in [-0.1, -0.05) is 24.6 Å². The molecule has 0 amide bonds. The fourth-order valence-corrected chi connectivity index (χ4v) is 3.19. The van der Waals surface area contributed by atoms with Gasteiger partial charge in [0.25, 0.3) is 0 Å². The van der Waals surface area contributed by atoms with Crippen LogP contribution in [-0.4, -0.2) is 43.8 Å². The zero-order valence-corrected chi connectivity index (χ0v) is 16.9. The summed E-state index contributed by atoms with van der Waals surface area (Å²) in [6, 6.07) is 13.4. The van der Waals surface area contributed by atoms with Gasteiger partial charge in [0.1, 0.15) is 0 Å². The first-order valence-corrected chi connectivity index (χ1v) is 9.75. The minimum atomic E-state index is -0.256. The third kappa shape index (κ3) is 5.67. The van der Waals surface area contributed by atoms with Gasteiger partial charge in [-0.3, -0.25) is 14.7 Å². The summed E-state index contributed by atoms with van der Waals surface area (Å²) >= 11 is 0. The van der Waals surface area contributed by atoms with Gasteiger partial charge >= 0.3 is 5.97 Å². The number of nitrogens with zero attached hydrogens (tertiary/aromatic N) is 2. The lowest BCUT2D eigenvalue weighted by Crippen LogP contribution is -2.38. The maximum Gasteiger partial charge on any atom is 0.325 e. The molecule has 1 fully saturated rings. The number of rotatable bonds is 6. The molecule has 2 aromatic rings. The lowest BCUT2D eigenvalue weighted by atomic mass is 9.99. The molecule has 1 aliphatic heterocycles. The highest BCUT2D eigenvalue weighted by Crippen LogP contribution is 2.28. The Morgan fingerprint density at radius 3 is 2.54 bits per heavy atom. The molecule has 0 atom stereocenters. The van der Waals surface area contributed by atoms with Crippen LogP contribution in [0.1, 0.15) is 30.9 Å². The van der Waals surface area contributed by atoms with Crippen molar-refractivity contribution in [2.75, 3.05) is 26.7 Å². The average Bonchev–Trinajstić information content (AvgIpc) is 2.70. The van der Waals surface area contributed by atoms with Crippen molar-refractivity contribution in [3.05, 3.63) is 53.6 Å². The van der Waals surface area contributed by atoms with E-state index >= 15 is 0 Å². The third-order valence-electron chi connectivity index (χ3n) is 5.04. The van der Waals surface area contributed by atoms with Crippen LogP contribution in [0.5, 0.6) is 11.5 Å². The van der Waals surface area contributed by atoms with Gasteiger partial charge in [-0.25, -0.2) is 0 Å². The summed E-state index contributed by atoms with van der Waals surface area (Å²) in [5.74, 6) is 1.44. The molecule has 0 spiro atoms. The Hall–Kier alpha value is -2.66. The summed E-state index contributed by atoms with van der Waals surface area (Å²) in [6.07, 6.45) is 4.03.